The predicted octanol–water partition coefficient (Wildman–Crippen LogP) is 4.41. The number of nitrogens with zero attached hydrogens (tertiary/aromatic N) is 7. The van der Waals surface area contributed by atoms with Crippen molar-refractivity contribution in [3.63, 3.8) is 0 Å². The van der Waals surface area contributed by atoms with E-state index in [-0.39, 0.29) is 42.6 Å². The Morgan fingerprint density at radius 1 is 1.00 bits per heavy atom. The zero-order valence-corrected chi connectivity index (χ0v) is 28.0. The number of halogens is 2. The highest BCUT2D eigenvalue weighted by molar-refractivity contribution is 5.94. The molecule has 1 N–H and O–H groups in total. The molecule has 1 aliphatic carbocycles. The van der Waals surface area contributed by atoms with Crippen molar-refractivity contribution in [1.29, 1.82) is 0 Å². The van der Waals surface area contributed by atoms with Crippen LogP contribution in [0.5, 0.6) is 0 Å². The van der Waals surface area contributed by atoms with Crippen LogP contribution in [0, 0.1) is 11.6 Å². The second kappa shape index (κ2) is 13.5. The average molecular weight is 681 g/mol. The van der Waals surface area contributed by atoms with Crippen LogP contribution in [0.25, 0.3) is 0 Å². The predicted molar refractivity (Wildman–Crippen MR) is 173 cm³/mol. The summed E-state index contributed by atoms with van der Waals surface area (Å²) in [5.74, 6) is -0.674. The van der Waals surface area contributed by atoms with Gasteiger partial charge >= 0.3 is 12.1 Å². The van der Waals surface area contributed by atoms with Gasteiger partial charge in [0, 0.05) is 69.1 Å². The number of alkyl carbamates (subject to hydrolysis) is 1. The van der Waals surface area contributed by atoms with Gasteiger partial charge in [-0.05, 0) is 76.6 Å². The second-order valence-corrected chi connectivity index (χ2v) is 14.4. The first kappa shape index (κ1) is 33.1. The Bertz CT molecular complexity index is 1650. The molecule has 3 saturated heterocycles. The number of piperidine rings is 1. The molecule has 0 spiro atoms. The number of carbonyl (C=O) groups excluding carboxylic acids is 2. The van der Waals surface area contributed by atoms with E-state index in [1.54, 1.807) is 25.7 Å². The van der Waals surface area contributed by atoms with Crippen LogP contribution in [0.4, 0.5) is 25.5 Å². The monoisotopic (exact) mass is 680 g/mol. The van der Waals surface area contributed by atoms with Crippen molar-refractivity contribution < 1.29 is 32.4 Å². The molecule has 2 amide bonds. The first-order chi connectivity index (χ1) is 23.5. The zero-order valence-electron chi connectivity index (χ0n) is 28.0. The Balaban J connectivity index is 1.02. The van der Waals surface area contributed by atoms with Crippen LogP contribution >= 0.6 is 0 Å². The molecule has 7 rings (SSSR count). The Kier molecular flexibility index (Phi) is 9.11. The van der Waals surface area contributed by atoms with Crippen LogP contribution in [0.1, 0.15) is 86.5 Å². The minimum Gasteiger partial charge on any atom is -0.444 e. The summed E-state index contributed by atoms with van der Waals surface area (Å²) >= 11 is 0. The lowest BCUT2D eigenvalue weighted by Crippen LogP contribution is -2.48. The summed E-state index contributed by atoms with van der Waals surface area (Å²) in [6.07, 6.45) is 6.73. The number of carbonyl (C=O) groups is 2. The normalized spacial score (nSPS) is 23.2. The molecule has 1 saturated carbocycles. The molecule has 3 aliphatic heterocycles. The third-order valence-electron chi connectivity index (χ3n) is 9.58. The number of anilines is 2. The topological polar surface area (TPSA) is 139 Å². The number of hydrogen-bond donors (Lipinski definition) is 1. The fourth-order valence-electron chi connectivity index (χ4n) is 7.01. The fourth-order valence-corrected chi connectivity index (χ4v) is 7.01. The minimum atomic E-state index is -0.734. The lowest BCUT2D eigenvalue weighted by atomic mass is 9.94. The van der Waals surface area contributed by atoms with E-state index in [9.17, 15) is 18.4 Å². The highest BCUT2D eigenvalue weighted by Gasteiger charge is 2.41. The van der Waals surface area contributed by atoms with E-state index in [1.807, 2.05) is 4.90 Å². The smallest absolute Gasteiger partial charge is 0.407 e. The van der Waals surface area contributed by atoms with Gasteiger partial charge in [-0.2, -0.15) is 4.98 Å². The molecular formula is C34H42F2N8O5. The summed E-state index contributed by atoms with van der Waals surface area (Å²) in [5, 5.41) is 7.01. The molecule has 4 aliphatic rings. The molecule has 4 fully saturated rings. The van der Waals surface area contributed by atoms with E-state index in [0.717, 1.165) is 50.3 Å². The maximum Gasteiger partial charge on any atom is 0.407 e. The van der Waals surface area contributed by atoms with Gasteiger partial charge < -0.3 is 34.0 Å². The maximum atomic E-state index is 14.9. The van der Waals surface area contributed by atoms with Crippen molar-refractivity contribution in [3.05, 3.63) is 59.2 Å². The van der Waals surface area contributed by atoms with E-state index >= 15 is 0 Å². The van der Waals surface area contributed by atoms with Crippen LogP contribution in [0.2, 0.25) is 0 Å². The SMILES string of the molecule is CC(C)(C)OC(=O)N[C@H]1CN(c2ncc(C(=O)N(C3CC3)C3CCN(c4nc([C@@H]5CCOC5)no4)CC3)cn2)C[C@@H]1c1cc(F)ccc1F. The number of hydrogen-bond acceptors (Lipinski definition) is 11. The van der Waals surface area contributed by atoms with Crippen molar-refractivity contribution in [2.24, 2.45) is 0 Å². The van der Waals surface area contributed by atoms with Crippen molar-refractivity contribution in [3.8, 4) is 0 Å². The molecule has 49 heavy (non-hydrogen) atoms. The second-order valence-electron chi connectivity index (χ2n) is 14.4. The number of benzene rings is 1. The van der Waals surface area contributed by atoms with Gasteiger partial charge in [0.1, 0.15) is 17.2 Å². The maximum absolute atomic E-state index is 14.9. The van der Waals surface area contributed by atoms with Gasteiger partial charge in [0.15, 0.2) is 5.82 Å². The molecule has 5 heterocycles. The largest absolute Gasteiger partial charge is 0.444 e. The average Bonchev–Trinajstić information content (AvgIpc) is 3.43. The molecule has 0 bridgehead atoms. The van der Waals surface area contributed by atoms with Crippen LogP contribution in [0.3, 0.4) is 0 Å². The van der Waals surface area contributed by atoms with E-state index in [4.69, 9.17) is 14.0 Å². The summed E-state index contributed by atoms with van der Waals surface area (Å²) in [6, 6.07) is 3.44. The molecule has 1 aromatic carbocycles. The van der Waals surface area contributed by atoms with Crippen LogP contribution in [-0.2, 0) is 9.47 Å². The first-order valence-corrected chi connectivity index (χ1v) is 17.0. The first-order valence-electron chi connectivity index (χ1n) is 17.0. The van der Waals surface area contributed by atoms with E-state index in [0.29, 0.717) is 49.7 Å². The number of amides is 2. The highest BCUT2D eigenvalue weighted by Crippen LogP contribution is 2.35. The van der Waals surface area contributed by atoms with Gasteiger partial charge in [0.25, 0.3) is 5.91 Å². The van der Waals surface area contributed by atoms with Crippen molar-refractivity contribution in [2.75, 3.05) is 49.2 Å². The van der Waals surface area contributed by atoms with Crippen LogP contribution in [-0.4, -0.2) is 100 Å². The highest BCUT2D eigenvalue weighted by atomic mass is 19.1. The Morgan fingerprint density at radius 3 is 2.41 bits per heavy atom. The van der Waals surface area contributed by atoms with Gasteiger partial charge in [-0.1, -0.05) is 5.16 Å². The van der Waals surface area contributed by atoms with Gasteiger partial charge in [0.2, 0.25) is 5.95 Å². The number of ether oxygens (including phenoxy) is 2. The number of rotatable bonds is 8. The Hall–Kier alpha value is -4.40. The molecular weight excluding hydrogens is 638 g/mol. The molecule has 13 nitrogen and oxygen atoms in total. The molecule has 0 radical (unpaired) electrons. The molecule has 15 heteroatoms. The van der Waals surface area contributed by atoms with Gasteiger partial charge in [-0.3, -0.25) is 4.79 Å². The molecule has 262 valence electrons. The van der Waals surface area contributed by atoms with Crippen molar-refractivity contribution in [2.45, 2.75) is 88.4 Å². The van der Waals surface area contributed by atoms with Crippen LogP contribution < -0.4 is 15.1 Å². The quantitative estimate of drug-likeness (QED) is 0.362. The van der Waals surface area contributed by atoms with Crippen LogP contribution in [0.15, 0.2) is 35.1 Å². The number of aromatic nitrogens is 4. The van der Waals surface area contributed by atoms with Crippen molar-refractivity contribution >= 4 is 24.0 Å². The molecule has 3 atom stereocenters. The van der Waals surface area contributed by atoms with Gasteiger partial charge in [0.05, 0.1) is 18.2 Å². The Morgan fingerprint density at radius 2 is 1.73 bits per heavy atom. The summed E-state index contributed by atoms with van der Waals surface area (Å²) in [5.41, 5.74) is -0.208. The zero-order chi connectivity index (χ0) is 34.3. The standard InChI is InChI=1S/C34H42F2N8O5/c1-34(2,3)48-33(46)39-28-18-43(17-26(28)25-14-22(35)4-7-27(25)36)31-37-15-21(16-38-31)30(45)44(23-5-6-23)24-8-11-42(12-9-24)32-40-29(41-49-32)20-10-13-47-19-20/h4,7,14-16,20,23-24,26,28H,5-6,8-13,17-19H2,1-3H3,(H,39,46)/t20-,26-,28+/m1/s1. The number of nitrogens with one attached hydrogen (secondary N) is 1. The van der Waals surface area contributed by atoms with Gasteiger partial charge in [-0.15, -0.1) is 0 Å². The Labute approximate surface area is 283 Å². The summed E-state index contributed by atoms with van der Waals surface area (Å²) in [4.78, 5) is 46.1. The summed E-state index contributed by atoms with van der Waals surface area (Å²) in [6.45, 7) is 8.41. The third kappa shape index (κ3) is 7.46. The lowest BCUT2D eigenvalue weighted by Gasteiger charge is -2.38. The van der Waals surface area contributed by atoms with E-state index in [2.05, 4.69) is 30.3 Å². The fraction of sp³-hybridized carbons (Fsp3) is 0.588. The molecule has 3 aromatic rings. The molecule has 2 aromatic heterocycles. The lowest BCUT2D eigenvalue weighted by molar-refractivity contribution is 0.0503. The molecule has 0 unspecified atom stereocenters. The van der Waals surface area contributed by atoms with E-state index in [1.165, 1.54) is 12.4 Å². The summed E-state index contributed by atoms with van der Waals surface area (Å²) in [7, 11) is 0. The van der Waals surface area contributed by atoms with Crippen molar-refractivity contribution in [1.82, 2.24) is 30.3 Å². The van der Waals surface area contributed by atoms with E-state index < -0.39 is 35.3 Å². The van der Waals surface area contributed by atoms with Gasteiger partial charge in [-0.25, -0.2) is 23.5 Å². The summed E-state index contributed by atoms with van der Waals surface area (Å²) < 4.78 is 45.6. The minimum absolute atomic E-state index is 0.0572. The third-order valence-corrected chi connectivity index (χ3v) is 9.58.